The Kier molecular flexibility index (Phi) is 5.43. The van der Waals surface area contributed by atoms with Crippen molar-refractivity contribution >= 4 is 33.4 Å². The Morgan fingerprint density at radius 1 is 1.29 bits per heavy atom. The molecule has 1 aromatic carbocycles. The second-order valence-corrected chi connectivity index (χ2v) is 5.44. The molecule has 94 valence electrons. The Balaban J connectivity index is 2.78. The van der Waals surface area contributed by atoms with Crippen molar-refractivity contribution in [2.24, 2.45) is 0 Å². The SMILES string of the molecule is CN(C)CCN(C)C(=O)c1cc(Cl)ccc1Br. The molecule has 1 rings (SSSR count). The third kappa shape index (κ3) is 4.30. The Labute approximate surface area is 115 Å². The molecular formula is C12H16BrClN2O. The van der Waals surface area contributed by atoms with Crippen molar-refractivity contribution in [3.63, 3.8) is 0 Å². The molecular weight excluding hydrogens is 304 g/mol. The summed E-state index contributed by atoms with van der Waals surface area (Å²) in [6.45, 7) is 1.52. The monoisotopic (exact) mass is 318 g/mol. The molecule has 0 saturated heterocycles. The lowest BCUT2D eigenvalue weighted by Crippen LogP contribution is -2.33. The zero-order valence-corrected chi connectivity index (χ0v) is 12.5. The fourth-order valence-corrected chi connectivity index (χ4v) is 1.91. The van der Waals surface area contributed by atoms with Crippen LogP contribution in [0, 0.1) is 0 Å². The molecule has 0 radical (unpaired) electrons. The minimum atomic E-state index is -0.0266. The highest BCUT2D eigenvalue weighted by Gasteiger charge is 2.15. The summed E-state index contributed by atoms with van der Waals surface area (Å²) in [5, 5.41) is 0.567. The molecule has 0 aromatic heterocycles. The molecule has 0 bridgehead atoms. The van der Waals surface area contributed by atoms with E-state index in [-0.39, 0.29) is 5.91 Å². The standard InChI is InChI=1S/C12H16BrClN2O/c1-15(2)6-7-16(3)12(17)10-8-9(14)4-5-11(10)13/h4-5,8H,6-7H2,1-3H3. The van der Waals surface area contributed by atoms with Gasteiger partial charge in [0.2, 0.25) is 0 Å². The minimum Gasteiger partial charge on any atom is -0.340 e. The van der Waals surface area contributed by atoms with Gasteiger partial charge in [0.15, 0.2) is 0 Å². The van der Waals surface area contributed by atoms with E-state index in [2.05, 4.69) is 15.9 Å². The molecule has 0 aliphatic carbocycles. The third-order valence-corrected chi connectivity index (χ3v) is 3.31. The second kappa shape index (κ2) is 6.38. The number of carbonyl (C=O) groups excluding carboxylic acids is 1. The van der Waals surface area contributed by atoms with Gasteiger partial charge < -0.3 is 9.80 Å². The first-order valence-corrected chi connectivity index (χ1v) is 6.44. The molecule has 0 fully saturated rings. The Morgan fingerprint density at radius 3 is 2.53 bits per heavy atom. The average molecular weight is 320 g/mol. The lowest BCUT2D eigenvalue weighted by molar-refractivity contribution is 0.0785. The van der Waals surface area contributed by atoms with Crippen LogP contribution in [0.4, 0.5) is 0 Å². The average Bonchev–Trinajstić information content (AvgIpc) is 2.28. The molecule has 17 heavy (non-hydrogen) atoms. The minimum absolute atomic E-state index is 0.0266. The number of hydrogen-bond acceptors (Lipinski definition) is 2. The molecule has 0 saturated carbocycles. The molecule has 3 nitrogen and oxygen atoms in total. The molecule has 0 heterocycles. The third-order valence-electron chi connectivity index (χ3n) is 2.39. The number of halogens is 2. The number of hydrogen-bond donors (Lipinski definition) is 0. The lowest BCUT2D eigenvalue weighted by atomic mass is 10.2. The summed E-state index contributed by atoms with van der Waals surface area (Å²) in [4.78, 5) is 15.9. The van der Waals surface area contributed by atoms with E-state index in [9.17, 15) is 4.79 Å². The fraction of sp³-hybridized carbons (Fsp3) is 0.417. The van der Waals surface area contributed by atoms with E-state index >= 15 is 0 Å². The summed E-state index contributed by atoms with van der Waals surface area (Å²) in [5.74, 6) is -0.0266. The van der Waals surface area contributed by atoms with E-state index in [4.69, 9.17) is 11.6 Å². The largest absolute Gasteiger partial charge is 0.340 e. The van der Waals surface area contributed by atoms with Crippen LogP contribution in [0.2, 0.25) is 5.02 Å². The van der Waals surface area contributed by atoms with Gasteiger partial charge in [-0.3, -0.25) is 4.79 Å². The van der Waals surface area contributed by atoms with Crippen molar-refractivity contribution in [2.45, 2.75) is 0 Å². The molecule has 0 spiro atoms. The number of nitrogens with zero attached hydrogens (tertiary/aromatic N) is 2. The van der Waals surface area contributed by atoms with Crippen LogP contribution in [0.1, 0.15) is 10.4 Å². The highest BCUT2D eigenvalue weighted by molar-refractivity contribution is 9.10. The van der Waals surface area contributed by atoms with Crippen molar-refractivity contribution < 1.29 is 4.79 Å². The predicted octanol–water partition coefficient (Wildman–Crippen LogP) is 2.74. The van der Waals surface area contributed by atoms with Gasteiger partial charge in [0, 0.05) is 29.6 Å². The molecule has 0 atom stereocenters. The van der Waals surface area contributed by atoms with Crippen molar-refractivity contribution in [3.05, 3.63) is 33.3 Å². The predicted molar refractivity (Wildman–Crippen MR) is 74.7 cm³/mol. The molecule has 1 amide bonds. The van der Waals surface area contributed by atoms with Crippen LogP contribution in [-0.4, -0.2) is 49.9 Å². The van der Waals surface area contributed by atoms with E-state index in [1.165, 1.54) is 0 Å². The summed E-state index contributed by atoms with van der Waals surface area (Å²) >= 11 is 9.26. The first kappa shape index (κ1) is 14.5. The summed E-state index contributed by atoms with van der Waals surface area (Å²) in [7, 11) is 5.75. The number of carbonyl (C=O) groups is 1. The highest BCUT2D eigenvalue weighted by atomic mass is 79.9. The molecule has 5 heteroatoms. The van der Waals surface area contributed by atoms with Gasteiger partial charge in [-0.05, 0) is 48.2 Å². The topological polar surface area (TPSA) is 23.6 Å². The summed E-state index contributed by atoms with van der Waals surface area (Å²) in [6, 6.07) is 5.22. The van der Waals surface area contributed by atoms with Gasteiger partial charge in [-0.25, -0.2) is 0 Å². The van der Waals surface area contributed by atoms with Crippen LogP contribution >= 0.6 is 27.5 Å². The molecule has 0 aliphatic rings. The van der Waals surface area contributed by atoms with Gasteiger partial charge in [0.1, 0.15) is 0 Å². The van der Waals surface area contributed by atoms with Crippen molar-refractivity contribution in [1.82, 2.24) is 9.80 Å². The van der Waals surface area contributed by atoms with Gasteiger partial charge in [-0.15, -0.1) is 0 Å². The van der Waals surface area contributed by atoms with E-state index < -0.39 is 0 Å². The van der Waals surface area contributed by atoms with Crippen LogP contribution in [0.15, 0.2) is 22.7 Å². The van der Waals surface area contributed by atoms with Crippen LogP contribution in [0.5, 0.6) is 0 Å². The van der Waals surface area contributed by atoms with Crippen LogP contribution in [0.3, 0.4) is 0 Å². The van der Waals surface area contributed by atoms with Gasteiger partial charge in [0.25, 0.3) is 5.91 Å². The van der Waals surface area contributed by atoms with Gasteiger partial charge in [0.05, 0.1) is 5.56 Å². The first-order chi connectivity index (χ1) is 7.91. The van der Waals surface area contributed by atoms with Gasteiger partial charge in [-0.1, -0.05) is 11.6 Å². The summed E-state index contributed by atoms with van der Waals surface area (Å²) < 4.78 is 0.767. The lowest BCUT2D eigenvalue weighted by Gasteiger charge is -2.20. The summed E-state index contributed by atoms with van der Waals surface area (Å²) in [6.07, 6.45) is 0. The number of amides is 1. The maximum Gasteiger partial charge on any atom is 0.254 e. The first-order valence-electron chi connectivity index (χ1n) is 5.27. The Morgan fingerprint density at radius 2 is 1.94 bits per heavy atom. The maximum atomic E-state index is 12.1. The summed E-state index contributed by atoms with van der Waals surface area (Å²) in [5.41, 5.74) is 0.596. The number of likely N-dealkylation sites (N-methyl/N-ethyl adjacent to an activating group) is 2. The second-order valence-electron chi connectivity index (χ2n) is 4.15. The number of benzene rings is 1. The normalized spacial score (nSPS) is 10.7. The van der Waals surface area contributed by atoms with E-state index in [1.807, 2.05) is 19.0 Å². The van der Waals surface area contributed by atoms with E-state index in [0.29, 0.717) is 17.1 Å². The van der Waals surface area contributed by atoms with Gasteiger partial charge >= 0.3 is 0 Å². The van der Waals surface area contributed by atoms with E-state index in [1.54, 1.807) is 30.1 Å². The molecule has 0 unspecified atom stereocenters. The van der Waals surface area contributed by atoms with Crippen LogP contribution in [-0.2, 0) is 0 Å². The molecule has 1 aromatic rings. The molecule has 0 N–H and O–H groups in total. The smallest absolute Gasteiger partial charge is 0.254 e. The zero-order valence-electron chi connectivity index (χ0n) is 10.2. The number of rotatable bonds is 4. The molecule has 0 aliphatic heterocycles. The van der Waals surface area contributed by atoms with Crippen LogP contribution in [0.25, 0.3) is 0 Å². The van der Waals surface area contributed by atoms with Crippen LogP contribution < -0.4 is 0 Å². The fourth-order valence-electron chi connectivity index (χ4n) is 1.32. The quantitative estimate of drug-likeness (QED) is 0.852. The Bertz CT molecular complexity index is 409. The van der Waals surface area contributed by atoms with Crippen molar-refractivity contribution in [2.75, 3.05) is 34.2 Å². The van der Waals surface area contributed by atoms with E-state index in [0.717, 1.165) is 11.0 Å². The maximum absolute atomic E-state index is 12.1. The van der Waals surface area contributed by atoms with Crippen molar-refractivity contribution in [1.29, 1.82) is 0 Å². The zero-order chi connectivity index (χ0) is 13.0. The Hall–Kier alpha value is -0.580. The van der Waals surface area contributed by atoms with Gasteiger partial charge in [-0.2, -0.15) is 0 Å². The van der Waals surface area contributed by atoms with Crippen molar-refractivity contribution in [3.8, 4) is 0 Å². The highest BCUT2D eigenvalue weighted by Crippen LogP contribution is 2.22.